The van der Waals surface area contributed by atoms with Gasteiger partial charge >= 0.3 is 0 Å². The summed E-state index contributed by atoms with van der Waals surface area (Å²) in [6, 6.07) is 0. The van der Waals surface area contributed by atoms with Gasteiger partial charge in [-0.1, -0.05) is 13.8 Å². The van der Waals surface area contributed by atoms with Crippen molar-refractivity contribution in [2.24, 2.45) is 22.5 Å². The molecule has 3 heteroatoms. The van der Waals surface area contributed by atoms with Gasteiger partial charge in [0.25, 0.3) is 0 Å². The molecule has 2 atom stereocenters. The average molecular weight is 236 g/mol. The van der Waals surface area contributed by atoms with Crippen LogP contribution in [0.25, 0.3) is 0 Å². The first-order chi connectivity index (χ1) is 7.86. The Morgan fingerprint density at radius 2 is 1.76 bits per heavy atom. The van der Waals surface area contributed by atoms with Crippen LogP contribution in [0, 0.1) is 16.7 Å². The molecule has 0 aromatic heterocycles. The monoisotopic (exact) mass is 236 g/mol. The van der Waals surface area contributed by atoms with Crippen LogP contribution in [0.3, 0.4) is 0 Å². The van der Waals surface area contributed by atoms with Gasteiger partial charge in [-0.25, -0.2) is 0 Å². The summed E-state index contributed by atoms with van der Waals surface area (Å²) in [7, 11) is 0. The van der Waals surface area contributed by atoms with E-state index in [0.29, 0.717) is 10.8 Å². The quantitative estimate of drug-likeness (QED) is 0.768. The SMILES string of the molecule is CC12CC3CC(C)(C1)CC(NC(=O)CN)(C3)C2. The summed E-state index contributed by atoms with van der Waals surface area (Å²) in [4.78, 5) is 11.7. The number of amides is 1. The Morgan fingerprint density at radius 1 is 1.18 bits per heavy atom. The molecule has 0 aromatic rings. The minimum absolute atomic E-state index is 0.0270. The van der Waals surface area contributed by atoms with Crippen LogP contribution < -0.4 is 11.1 Å². The van der Waals surface area contributed by atoms with Crippen molar-refractivity contribution < 1.29 is 4.79 Å². The third kappa shape index (κ3) is 1.79. The number of nitrogens with one attached hydrogen (secondary N) is 1. The predicted molar refractivity (Wildman–Crippen MR) is 67.3 cm³/mol. The minimum atomic E-state index is 0.0270. The smallest absolute Gasteiger partial charge is 0.234 e. The van der Waals surface area contributed by atoms with E-state index in [4.69, 9.17) is 5.73 Å². The van der Waals surface area contributed by atoms with Gasteiger partial charge < -0.3 is 11.1 Å². The van der Waals surface area contributed by atoms with Crippen LogP contribution in [0.5, 0.6) is 0 Å². The highest BCUT2D eigenvalue weighted by molar-refractivity contribution is 5.78. The lowest BCUT2D eigenvalue weighted by molar-refractivity contribution is -0.138. The maximum atomic E-state index is 11.7. The molecule has 96 valence electrons. The summed E-state index contributed by atoms with van der Waals surface area (Å²) >= 11 is 0. The second kappa shape index (κ2) is 3.25. The van der Waals surface area contributed by atoms with Gasteiger partial charge in [-0.15, -0.1) is 0 Å². The molecule has 0 aromatic carbocycles. The molecule has 4 aliphatic carbocycles. The Balaban J connectivity index is 1.89. The third-order valence-corrected chi connectivity index (χ3v) is 5.22. The summed E-state index contributed by atoms with van der Waals surface area (Å²) < 4.78 is 0. The van der Waals surface area contributed by atoms with E-state index in [-0.39, 0.29) is 18.0 Å². The van der Waals surface area contributed by atoms with Crippen molar-refractivity contribution in [3.8, 4) is 0 Å². The van der Waals surface area contributed by atoms with Crippen molar-refractivity contribution >= 4 is 5.91 Å². The van der Waals surface area contributed by atoms with Crippen LogP contribution >= 0.6 is 0 Å². The molecule has 4 aliphatic rings. The Morgan fingerprint density at radius 3 is 2.24 bits per heavy atom. The van der Waals surface area contributed by atoms with Gasteiger partial charge in [0.15, 0.2) is 0 Å². The number of hydrogen-bond donors (Lipinski definition) is 2. The second-order valence-corrected chi connectivity index (χ2v) is 7.66. The zero-order valence-corrected chi connectivity index (χ0v) is 11.0. The van der Waals surface area contributed by atoms with Crippen molar-refractivity contribution in [1.29, 1.82) is 0 Å². The van der Waals surface area contributed by atoms with E-state index >= 15 is 0 Å². The molecule has 1 amide bonds. The number of nitrogens with two attached hydrogens (primary N) is 1. The fourth-order valence-corrected chi connectivity index (χ4v) is 5.93. The molecule has 0 radical (unpaired) electrons. The highest BCUT2D eigenvalue weighted by atomic mass is 16.2. The van der Waals surface area contributed by atoms with Crippen LogP contribution in [-0.4, -0.2) is 18.0 Å². The summed E-state index contributed by atoms with van der Waals surface area (Å²) in [6.07, 6.45) is 7.59. The molecule has 4 bridgehead atoms. The zero-order chi connectivity index (χ0) is 12.3. The lowest BCUT2D eigenvalue weighted by Crippen LogP contribution is -2.65. The van der Waals surface area contributed by atoms with E-state index in [1.807, 2.05) is 0 Å². The van der Waals surface area contributed by atoms with Crippen molar-refractivity contribution in [1.82, 2.24) is 5.32 Å². The van der Waals surface area contributed by atoms with Crippen LogP contribution in [0.4, 0.5) is 0 Å². The van der Waals surface area contributed by atoms with Gasteiger partial charge in [0.1, 0.15) is 0 Å². The Hall–Kier alpha value is -0.570. The topological polar surface area (TPSA) is 55.1 Å². The van der Waals surface area contributed by atoms with Gasteiger partial charge in [0.05, 0.1) is 6.54 Å². The minimum Gasteiger partial charge on any atom is -0.350 e. The van der Waals surface area contributed by atoms with Gasteiger partial charge in [0, 0.05) is 5.54 Å². The third-order valence-electron chi connectivity index (χ3n) is 5.22. The van der Waals surface area contributed by atoms with E-state index in [1.165, 1.54) is 25.7 Å². The van der Waals surface area contributed by atoms with E-state index in [9.17, 15) is 4.79 Å². The van der Waals surface area contributed by atoms with E-state index in [2.05, 4.69) is 19.2 Å². The van der Waals surface area contributed by atoms with Crippen LogP contribution in [0.2, 0.25) is 0 Å². The number of hydrogen-bond acceptors (Lipinski definition) is 2. The predicted octanol–water partition coefficient (Wildman–Crippen LogP) is 1.81. The highest BCUT2D eigenvalue weighted by Crippen LogP contribution is 2.66. The number of rotatable bonds is 2. The van der Waals surface area contributed by atoms with Crippen molar-refractivity contribution in [2.45, 2.75) is 57.9 Å². The van der Waals surface area contributed by atoms with Crippen molar-refractivity contribution in [3.63, 3.8) is 0 Å². The molecular weight excluding hydrogens is 212 g/mol. The highest BCUT2D eigenvalue weighted by Gasteiger charge is 2.60. The lowest BCUT2D eigenvalue weighted by atomic mass is 9.43. The first kappa shape index (κ1) is 11.5. The summed E-state index contributed by atoms with van der Waals surface area (Å²) in [5, 5.41) is 3.26. The molecule has 4 fully saturated rings. The molecule has 3 nitrogen and oxygen atoms in total. The van der Waals surface area contributed by atoms with E-state index in [0.717, 1.165) is 18.8 Å². The lowest BCUT2D eigenvalue weighted by Gasteiger charge is -2.65. The fraction of sp³-hybridized carbons (Fsp3) is 0.929. The molecule has 2 unspecified atom stereocenters. The maximum absolute atomic E-state index is 11.7. The Labute approximate surface area is 104 Å². The van der Waals surface area contributed by atoms with Gasteiger partial charge in [0.2, 0.25) is 5.91 Å². The van der Waals surface area contributed by atoms with Crippen LogP contribution in [0.15, 0.2) is 0 Å². The molecule has 3 N–H and O–H groups in total. The summed E-state index contributed by atoms with van der Waals surface area (Å²) in [5.41, 5.74) is 6.43. The summed E-state index contributed by atoms with van der Waals surface area (Å²) in [5.74, 6) is 0.846. The summed E-state index contributed by atoms with van der Waals surface area (Å²) in [6.45, 7) is 4.96. The Bertz CT molecular complexity index is 347. The van der Waals surface area contributed by atoms with Gasteiger partial charge in [-0.2, -0.15) is 0 Å². The second-order valence-electron chi connectivity index (χ2n) is 7.66. The Kier molecular flexibility index (Phi) is 2.20. The van der Waals surface area contributed by atoms with Crippen molar-refractivity contribution in [2.75, 3.05) is 6.54 Å². The molecule has 0 aliphatic heterocycles. The van der Waals surface area contributed by atoms with Gasteiger partial charge in [-0.3, -0.25) is 4.79 Å². The normalized spacial score (nSPS) is 51.6. The average Bonchev–Trinajstić information content (AvgIpc) is 2.10. The number of carbonyl (C=O) groups is 1. The molecule has 0 saturated heterocycles. The molecule has 4 saturated carbocycles. The largest absolute Gasteiger partial charge is 0.350 e. The first-order valence-corrected chi connectivity index (χ1v) is 6.87. The van der Waals surface area contributed by atoms with E-state index < -0.39 is 0 Å². The standard InChI is InChI=1S/C14H24N2O/c1-12-3-10-4-13(2,7-12)9-14(5-10,8-12)16-11(17)6-15/h10H,3-9,15H2,1-2H3,(H,16,17). The number of carbonyl (C=O) groups excluding carboxylic acids is 1. The first-order valence-electron chi connectivity index (χ1n) is 6.87. The van der Waals surface area contributed by atoms with Gasteiger partial charge in [-0.05, 0) is 55.3 Å². The van der Waals surface area contributed by atoms with E-state index in [1.54, 1.807) is 0 Å². The molecule has 17 heavy (non-hydrogen) atoms. The van der Waals surface area contributed by atoms with Crippen LogP contribution in [-0.2, 0) is 4.79 Å². The molecule has 0 spiro atoms. The molecule has 0 heterocycles. The van der Waals surface area contributed by atoms with Crippen LogP contribution in [0.1, 0.15) is 52.4 Å². The van der Waals surface area contributed by atoms with Crippen molar-refractivity contribution in [3.05, 3.63) is 0 Å². The molecular formula is C14H24N2O. The maximum Gasteiger partial charge on any atom is 0.234 e. The molecule has 4 rings (SSSR count). The fourth-order valence-electron chi connectivity index (χ4n) is 5.93. The zero-order valence-electron chi connectivity index (χ0n) is 11.0.